The Morgan fingerprint density at radius 1 is 0.963 bits per heavy atom. The van der Waals surface area contributed by atoms with Crippen molar-refractivity contribution >= 4 is 5.91 Å². The van der Waals surface area contributed by atoms with Gasteiger partial charge >= 0.3 is 0 Å². The number of ether oxygens (including phenoxy) is 1. The highest BCUT2D eigenvalue weighted by Crippen LogP contribution is 2.27. The van der Waals surface area contributed by atoms with Crippen LogP contribution in [0.1, 0.15) is 32.8 Å². The minimum absolute atomic E-state index is 0.0432. The number of amides is 1. The zero-order valence-electron chi connectivity index (χ0n) is 17.2. The normalized spacial score (nSPS) is 11.5. The number of hydrogen-bond donors (Lipinski definition) is 1. The second-order valence-electron chi connectivity index (χ2n) is 8.15. The van der Waals surface area contributed by atoms with Crippen molar-refractivity contribution in [2.24, 2.45) is 0 Å². The molecule has 0 aromatic heterocycles. The van der Waals surface area contributed by atoms with Crippen LogP contribution in [0.15, 0.2) is 48.5 Å². The molecular formula is C23H32N2O2. The summed E-state index contributed by atoms with van der Waals surface area (Å²) < 4.78 is 5.58. The summed E-state index contributed by atoms with van der Waals surface area (Å²) in [6.45, 7) is 8.32. The fraction of sp³-hybridized carbons (Fsp3) is 0.435. The summed E-state index contributed by atoms with van der Waals surface area (Å²) in [6, 6.07) is 16.5. The van der Waals surface area contributed by atoms with Gasteiger partial charge in [-0.3, -0.25) is 4.79 Å². The molecule has 1 N–H and O–H groups in total. The minimum Gasteiger partial charge on any atom is -0.484 e. The summed E-state index contributed by atoms with van der Waals surface area (Å²) in [4.78, 5) is 13.9. The molecular weight excluding hydrogens is 336 g/mol. The van der Waals surface area contributed by atoms with Crippen molar-refractivity contribution in [1.29, 1.82) is 0 Å². The third-order valence-corrected chi connectivity index (χ3v) is 4.41. The molecule has 0 aliphatic rings. The van der Waals surface area contributed by atoms with Crippen molar-refractivity contribution in [1.82, 2.24) is 10.2 Å². The fourth-order valence-corrected chi connectivity index (χ4v) is 2.73. The standard InChI is InChI=1S/C23H32N2O2/c1-23(2,3)20-11-7-18(8-12-20)19-9-13-21(14-10-19)27-17-22(26)24-15-6-16-25(4)5/h7-14H,6,15-17H2,1-5H3,(H,24,26). The Kier molecular flexibility index (Phi) is 7.43. The van der Waals surface area contributed by atoms with E-state index in [0.29, 0.717) is 12.3 Å². The highest BCUT2D eigenvalue weighted by molar-refractivity contribution is 5.77. The molecule has 0 spiro atoms. The molecule has 0 saturated heterocycles. The number of nitrogens with one attached hydrogen (secondary N) is 1. The zero-order valence-corrected chi connectivity index (χ0v) is 17.2. The highest BCUT2D eigenvalue weighted by Gasteiger charge is 2.13. The first-order valence-corrected chi connectivity index (χ1v) is 9.51. The molecule has 4 nitrogen and oxygen atoms in total. The lowest BCUT2D eigenvalue weighted by Gasteiger charge is -2.19. The first-order chi connectivity index (χ1) is 12.8. The Labute approximate surface area is 163 Å². The quantitative estimate of drug-likeness (QED) is 0.713. The van der Waals surface area contributed by atoms with Crippen LogP contribution in [0.5, 0.6) is 5.75 Å². The summed E-state index contributed by atoms with van der Waals surface area (Å²) in [5.41, 5.74) is 3.79. The van der Waals surface area contributed by atoms with Gasteiger partial charge in [0.25, 0.3) is 5.91 Å². The predicted molar refractivity (Wildman–Crippen MR) is 112 cm³/mol. The van der Waals surface area contributed by atoms with E-state index in [2.05, 4.69) is 55.3 Å². The summed E-state index contributed by atoms with van der Waals surface area (Å²) >= 11 is 0. The molecule has 0 radical (unpaired) electrons. The lowest BCUT2D eigenvalue weighted by atomic mass is 9.86. The summed E-state index contributed by atoms with van der Waals surface area (Å²) in [7, 11) is 4.04. The monoisotopic (exact) mass is 368 g/mol. The second-order valence-corrected chi connectivity index (χ2v) is 8.15. The maximum Gasteiger partial charge on any atom is 0.257 e. The van der Waals surface area contributed by atoms with Gasteiger partial charge in [-0.05, 0) is 61.3 Å². The molecule has 0 heterocycles. The smallest absolute Gasteiger partial charge is 0.257 e. The maximum atomic E-state index is 11.8. The largest absolute Gasteiger partial charge is 0.484 e. The minimum atomic E-state index is -0.0874. The molecule has 0 aliphatic carbocycles. The molecule has 0 aliphatic heterocycles. The summed E-state index contributed by atoms with van der Waals surface area (Å²) in [6.07, 6.45) is 0.932. The third-order valence-electron chi connectivity index (χ3n) is 4.41. The van der Waals surface area contributed by atoms with E-state index in [-0.39, 0.29) is 17.9 Å². The van der Waals surface area contributed by atoms with Gasteiger partial charge in [0.15, 0.2) is 6.61 Å². The Morgan fingerprint density at radius 3 is 2.04 bits per heavy atom. The summed E-state index contributed by atoms with van der Waals surface area (Å²) in [5, 5.41) is 2.87. The topological polar surface area (TPSA) is 41.6 Å². The Bertz CT molecular complexity index is 714. The van der Waals surface area contributed by atoms with Gasteiger partial charge in [-0.15, -0.1) is 0 Å². The molecule has 4 heteroatoms. The van der Waals surface area contributed by atoms with Crippen LogP contribution in [0, 0.1) is 0 Å². The number of nitrogens with zero attached hydrogens (tertiary/aromatic N) is 1. The van der Waals surface area contributed by atoms with E-state index in [1.54, 1.807) is 0 Å². The van der Waals surface area contributed by atoms with E-state index in [9.17, 15) is 4.79 Å². The number of hydrogen-bond acceptors (Lipinski definition) is 3. The fourth-order valence-electron chi connectivity index (χ4n) is 2.73. The van der Waals surface area contributed by atoms with Crippen LogP contribution >= 0.6 is 0 Å². The average Bonchev–Trinajstić information content (AvgIpc) is 2.63. The summed E-state index contributed by atoms with van der Waals surface area (Å²) in [5.74, 6) is 0.615. The number of rotatable bonds is 8. The van der Waals surface area contributed by atoms with Gasteiger partial charge in [0, 0.05) is 6.54 Å². The Balaban J connectivity index is 1.83. The Hall–Kier alpha value is -2.33. The average molecular weight is 369 g/mol. The molecule has 27 heavy (non-hydrogen) atoms. The lowest BCUT2D eigenvalue weighted by molar-refractivity contribution is -0.123. The van der Waals surface area contributed by atoms with Crippen LogP contribution in [0.4, 0.5) is 0 Å². The van der Waals surface area contributed by atoms with Crippen LogP contribution < -0.4 is 10.1 Å². The molecule has 0 fully saturated rings. The SMILES string of the molecule is CN(C)CCCNC(=O)COc1ccc(-c2ccc(C(C)(C)C)cc2)cc1. The van der Waals surface area contributed by atoms with Gasteiger partial charge in [-0.25, -0.2) is 0 Å². The molecule has 0 saturated carbocycles. The highest BCUT2D eigenvalue weighted by atomic mass is 16.5. The van der Waals surface area contributed by atoms with Crippen molar-refractivity contribution in [3.8, 4) is 16.9 Å². The van der Waals surface area contributed by atoms with E-state index in [1.807, 2.05) is 38.4 Å². The van der Waals surface area contributed by atoms with E-state index >= 15 is 0 Å². The molecule has 1 amide bonds. The third kappa shape index (κ3) is 7.06. The maximum absolute atomic E-state index is 11.8. The van der Waals surface area contributed by atoms with E-state index in [0.717, 1.165) is 18.5 Å². The van der Waals surface area contributed by atoms with Crippen LogP contribution in [-0.4, -0.2) is 44.6 Å². The molecule has 2 aromatic rings. The molecule has 146 valence electrons. The van der Waals surface area contributed by atoms with E-state index < -0.39 is 0 Å². The molecule has 0 bridgehead atoms. The zero-order chi connectivity index (χ0) is 19.9. The molecule has 2 aromatic carbocycles. The van der Waals surface area contributed by atoms with Crippen LogP contribution in [-0.2, 0) is 10.2 Å². The number of benzene rings is 2. The second kappa shape index (κ2) is 9.56. The van der Waals surface area contributed by atoms with Crippen LogP contribution in [0.2, 0.25) is 0 Å². The first-order valence-electron chi connectivity index (χ1n) is 9.51. The first kappa shape index (κ1) is 21.0. The van der Waals surface area contributed by atoms with Gasteiger partial charge in [-0.1, -0.05) is 57.2 Å². The lowest BCUT2D eigenvalue weighted by Crippen LogP contribution is -2.31. The molecule has 0 atom stereocenters. The molecule has 2 rings (SSSR count). The number of carbonyl (C=O) groups is 1. The van der Waals surface area contributed by atoms with Gasteiger partial charge in [0.05, 0.1) is 0 Å². The van der Waals surface area contributed by atoms with Gasteiger partial charge in [-0.2, -0.15) is 0 Å². The van der Waals surface area contributed by atoms with Gasteiger partial charge < -0.3 is 15.0 Å². The van der Waals surface area contributed by atoms with E-state index in [4.69, 9.17) is 4.74 Å². The Morgan fingerprint density at radius 2 is 1.52 bits per heavy atom. The predicted octanol–water partition coefficient (Wildman–Crippen LogP) is 4.10. The van der Waals surface area contributed by atoms with Crippen molar-refractivity contribution < 1.29 is 9.53 Å². The van der Waals surface area contributed by atoms with Gasteiger partial charge in [0.2, 0.25) is 0 Å². The van der Waals surface area contributed by atoms with Gasteiger partial charge in [0.1, 0.15) is 5.75 Å². The number of carbonyl (C=O) groups excluding carboxylic acids is 1. The molecule has 0 unspecified atom stereocenters. The van der Waals surface area contributed by atoms with Crippen molar-refractivity contribution in [3.63, 3.8) is 0 Å². The van der Waals surface area contributed by atoms with Crippen LogP contribution in [0.3, 0.4) is 0 Å². The van der Waals surface area contributed by atoms with Crippen molar-refractivity contribution in [2.45, 2.75) is 32.6 Å². The van der Waals surface area contributed by atoms with Crippen molar-refractivity contribution in [3.05, 3.63) is 54.1 Å². The van der Waals surface area contributed by atoms with E-state index in [1.165, 1.54) is 11.1 Å². The van der Waals surface area contributed by atoms with Crippen LogP contribution in [0.25, 0.3) is 11.1 Å². The van der Waals surface area contributed by atoms with Crippen molar-refractivity contribution in [2.75, 3.05) is 33.8 Å².